The van der Waals surface area contributed by atoms with E-state index in [1.165, 1.54) is 12.1 Å². The van der Waals surface area contributed by atoms with E-state index >= 15 is 0 Å². The molecule has 2 aromatic rings. The van der Waals surface area contributed by atoms with Crippen LogP contribution < -0.4 is 5.32 Å². The van der Waals surface area contributed by atoms with Gasteiger partial charge in [0.25, 0.3) is 0 Å². The Hall–Kier alpha value is -1.93. The third-order valence-electron chi connectivity index (χ3n) is 4.26. The molecule has 1 aromatic heterocycles. The summed E-state index contributed by atoms with van der Waals surface area (Å²) in [5.74, 6) is 0.962. The Labute approximate surface area is 167 Å². The molecule has 0 radical (unpaired) electrons. The summed E-state index contributed by atoms with van der Waals surface area (Å²) in [6.45, 7) is 5.89. The largest absolute Gasteiger partial charge is 0.416 e. The van der Waals surface area contributed by atoms with Crippen LogP contribution in [0.1, 0.15) is 50.1 Å². The van der Waals surface area contributed by atoms with Crippen LogP contribution in [-0.4, -0.2) is 32.7 Å². The van der Waals surface area contributed by atoms with Crippen molar-refractivity contribution >= 4 is 17.5 Å². The Morgan fingerprint density at radius 3 is 2.25 bits per heavy atom. The maximum atomic E-state index is 12.7. The Morgan fingerprint density at radius 2 is 1.71 bits per heavy atom. The number of alkyl halides is 3. The van der Waals surface area contributed by atoms with Gasteiger partial charge >= 0.3 is 6.18 Å². The molecule has 5 nitrogen and oxygen atoms in total. The molecule has 154 valence electrons. The van der Waals surface area contributed by atoms with Crippen molar-refractivity contribution in [2.45, 2.75) is 51.7 Å². The zero-order valence-corrected chi connectivity index (χ0v) is 16.7. The highest BCUT2D eigenvalue weighted by Gasteiger charge is 2.30. The molecule has 0 aliphatic carbocycles. The smallest absolute Gasteiger partial charge is 0.394 e. The number of benzene rings is 1. The minimum absolute atomic E-state index is 0.0216. The van der Waals surface area contributed by atoms with Crippen LogP contribution in [0, 0.1) is 5.92 Å². The summed E-state index contributed by atoms with van der Waals surface area (Å²) in [7, 11) is 0. The standard InChI is InChI=1S/C19H24ClF3N4O/c1-11(2)8-15(10-28)24-18-26-16(25-17(20)27-18)9-12(3)13-4-6-14(7-5-13)19(21,22)23/h4-7,11-12,15,28H,8-10H2,1-3H3,(H,24,25,26,27). The Kier molecular flexibility index (Phi) is 7.60. The fourth-order valence-electron chi connectivity index (χ4n) is 2.87. The monoisotopic (exact) mass is 416 g/mol. The lowest BCUT2D eigenvalue weighted by Crippen LogP contribution is -2.27. The average molecular weight is 417 g/mol. The van der Waals surface area contributed by atoms with E-state index in [0.717, 1.165) is 24.1 Å². The maximum Gasteiger partial charge on any atom is 0.416 e. The van der Waals surface area contributed by atoms with Crippen LogP contribution in [0.2, 0.25) is 5.28 Å². The van der Waals surface area contributed by atoms with E-state index in [2.05, 4.69) is 20.3 Å². The Bertz CT molecular complexity index is 769. The second-order valence-corrected chi connectivity index (χ2v) is 7.56. The number of rotatable bonds is 8. The molecule has 0 aliphatic rings. The van der Waals surface area contributed by atoms with Gasteiger partial charge < -0.3 is 10.4 Å². The lowest BCUT2D eigenvalue weighted by atomic mass is 9.96. The molecule has 2 unspecified atom stereocenters. The number of hydrogen-bond acceptors (Lipinski definition) is 5. The number of aliphatic hydroxyl groups excluding tert-OH is 1. The summed E-state index contributed by atoms with van der Waals surface area (Å²) in [5, 5.41) is 12.6. The summed E-state index contributed by atoms with van der Waals surface area (Å²) in [6, 6.07) is 4.84. The lowest BCUT2D eigenvalue weighted by molar-refractivity contribution is -0.137. The van der Waals surface area contributed by atoms with Crippen molar-refractivity contribution in [3.8, 4) is 0 Å². The highest BCUT2D eigenvalue weighted by Crippen LogP contribution is 2.30. The van der Waals surface area contributed by atoms with Gasteiger partial charge in [0, 0.05) is 6.42 Å². The maximum absolute atomic E-state index is 12.7. The van der Waals surface area contributed by atoms with Gasteiger partial charge in [0.2, 0.25) is 11.2 Å². The molecule has 0 bridgehead atoms. The van der Waals surface area contributed by atoms with Crippen LogP contribution in [-0.2, 0) is 12.6 Å². The first-order valence-corrected chi connectivity index (χ1v) is 9.41. The number of hydrogen-bond donors (Lipinski definition) is 2. The molecule has 1 heterocycles. The number of aliphatic hydroxyl groups is 1. The number of nitrogens with one attached hydrogen (secondary N) is 1. The molecule has 0 fully saturated rings. The second kappa shape index (κ2) is 9.52. The van der Waals surface area contributed by atoms with Crippen LogP contribution in [0.3, 0.4) is 0 Å². The SMILES string of the molecule is CC(C)CC(CO)Nc1nc(Cl)nc(CC(C)c2ccc(C(F)(F)F)cc2)n1. The summed E-state index contributed by atoms with van der Waals surface area (Å²) in [6.07, 6.45) is -3.24. The van der Waals surface area contributed by atoms with Crippen LogP contribution in [0.15, 0.2) is 24.3 Å². The van der Waals surface area contributed by atoms with E-state index in [0.29, 0.717) is 18.2 Å². The summed E-state index contributed by atoms with van der Waals surface area (Å²) < 4.78 is 38.1. The molecule has 0 amide bonds. The molecular formula is C19H24ClF3N4O. The van der Waals surface area contributed by atoms with Gasteiger partial charge in [0.05, 0.1) is 18.2 Å². The highest BCUT2D eigenvalue weighted by molar-refractivity contribution is 6.28. The van der Waals surface area contributed by atoms with Crippen LogP contribution in [0.5, 0.6) is 0 Å². The number of aromatic nitrogens is 3. The van der Waals surface area contributed by atoms with Gasteiger partial charge in [-0.1, -0.05) is 32.9 Å². The zero-order chi connectivity index (χ0) is 20.9. The summed E-state index contributed by atoms with van der Waals surface area (Å²) in [4.78, 5) is 12.5. The third kappa shape index (κ3) is 6.60. The van der Waals surface area contributed by atoms with E-state index < -0.39 is 11.7 Å². The molecule has 0 aliphatic heterocycles. The molecule has 2 rings (SSSR count). The van der Waals surface area contributed by atoms with Gasteiger partial charge in [0.15, 0.2) is 0 Å². The van der Waals surface area contributed by atoms with Crippen molar-refractivity contribution in [2.24, 2.45) is 5.92 Å². The number of halogens is 4. The van der Waals surface area contributed by atoms with Crippen molar-refractivity contribution in [2.75, 3.05) is 11.9 Å². The van der Waals surface area contributed by atoms with Gasteiger partial charge in [-0.2, -0.15) is 23.1 Å². The second-order valence-electron chi connectivity index (χ2n) is 7.22. The third-order valence-corrected chi connectivity index (χ3v) is 4.43. The van der Waals surface area contributed by atoms with Gasteiger partial charge in [-0.25, -0.2) is 4.98 Å². The van der Waals surface area contributed by atoms with Crippen molar-refractivity contribution in [3.63, 3.8) is 0 Å². The van der Waals surface area contributed by atoms with Crippen molar-refractivity contribution in [3.05, 3.63) is 46.5 Å². The van der Waals surface area contributed by atoms with Gasteiger partial charge in [-0.15, -0.1) is 0 Å². The molecule has 0 saturated carbocycles. The summed E-state index contributed by atoms with van der Waals surface area (Å²) in [5.41, 5.74) is 0.0606. The number of anilines is 1. The molecule has 2 N–H and O–H groups in total. The molecule has 28 heavy (non-hydrogen) atoms. The van der Waals surface area contributed by atoms with Crippen molar-refractivity contribution in [1.29, 1.82) is 0 Å². The van der Waals surface area contributed by atoms with Gasteiger partial charge in [-0.3, -0.25) is 0 Å². The average Bonchev–Trinajstić information content (AvgIpc) is 2.59. The normalized spacial score (nSPS) is 14.2. The Balaban J connectivity index is 2.11. The predicted molar refractivity (Wildman–Crippen MR) is 102 cm³/mol. The Morgan fingerprint density at radius 1 is 1.07 bits per heavy atom. The first-order valence-electron chi connectivity index (χ1n) is 9.03. The van der Waals surface area contributed by atoms with E-state index in [4.69, 9.17) is 11.6 Å². The van der Waals surface area contributed by atoms with Gasteiger partial charge in [0.1, 0.15) is 5.82 Å². The van der Waals surface area contributed by atoms with Crippen LogP contribution in [0.25, 0.3) is 0 Å². The summed E-state index contributed by atoms with van der Waals surface area (Å²) >= 11 is 5.99. The number of nitrogens with zero attached hydrogens (tertiary/aromatic N) is 3. The minimum Gasteiger partial charge on any atom is -0.394 e. The van der Waals surface area contributed by atoms with E-state index in [9.17, 15) is 18.3 Å². The fraction of sp³-hybridized carbons (Fsp3) is 0.526. The molecule has 2 atom stereocenters. The fourth-order valence-corrected chi connectivity index (χ4v) is 3.05. The lowest BCUT2D eigenvalue weighted by Gasteiger charge is -2.19. The van der Waals surface area contributed by atoms with Crippen LogP contribution >= 0.6 is 11.6 Å². The van der Waals surface area contributed by atoms with Gasteiger partial charge in [-0.05, 0) is 47.6 Å². The van der Waals surface area contributed by atoms with E-state index in [-0.39, 0.29) is 29.8 Å². The predicted octanol–water partition coefficient (Wildman–Crippen LogP) is 4.71. The first kappa shape index (κ1) is 22.4. The molecule has 0 saturated heterocycles. The quantitative estimate of drug-likeness (QED) is 0.652. The van der Waals surface area contributed by atoms with Crippen molar-refractivity contribution in [1.82, 2.24) is 15.0 Å². The topological polar surface area (TPSA) is 70.9 Å². The zero-order valence-electron chi connectivity index (χ0n) is 16.0. The minimum atomic E-state index is -4.36. The van der Waals surface area contributed by atoms with E-state index in [1.54, 1.807) is 0 Å². The van der Waals surface area contributed by atoms with E-state index in [1.807, 2.05) is 20.8 Å². The first-order chi connectivity index (χ1) is 13.1. The molecule has 0 spiro atoms. The molecule has 9 heteroatoms. The molecular weight excluding hydrogens is 393 g/mol. The van der Waals surface area contributed by atoms with Crippen molar-refractivity contribution < 1.29 is 18.3 Å². The molecule has 1 aromatic carbocycles. The highest BCUT2D eigenvalue weighted by atomic mass is 35.5. The van der Waals surface area contributed by atoms with Crippen LogP contribution in [0.4, 0.5) is 19.1 Å².